The van der Waals surface area contributed by atoms with Gasteiger partial charge in [0.05, 0.1) is 34.3 Å². The van der Waals surface area contributed by atoms with Gasteiger partial charge in [-0.3, -0.25) is 24.2 Å². The van der Waals surface area contributed by atoms with Crippen LogP contribution in [0.5, 0.6) is 5.75 Å². The van der Waals surface area contributed by atoms with Crippen LogP contribution in [0.25, 0.3) is 10.2 Å². The third-order valence-electron chi connectivity index (χ3n) is 5.72. The van der Waals surface area contributed by atoms with Gasteiger partial charge in [0.1, 0.15) is 12.3 Å². The van der Waals surface area contributed by atoms with Crippen molar-refractivity contribution in [1.82, 2.24) is 19.4 Å². The molecule has 0 unspecified atom stereocenters. The number of hydrogen-bond donors (Lipinski definition) is 0. The Bertz CT molecular complexity index is 1360. The van der Waals surface area contributed by atoms with Crippen molar-refractivity contribution in [3.8, 4) is 5.75 Å². The van der Waals surface area contributed by atoms with E-state index in [0.717, 1.165) is 20.9 Å². The number of fused-ring (bicyclic) bond motifs is 2. The van der Waals surface area contributed by atoms with E-state index >= 15 is 0 Å². The van der Waals surface area contributed by atoms with Crippen molar-refractivity contribution in [3.05, 3.63) is 72.3 Å². The Kier molecular flexibility index (Phi) is 6.28. The summed E-state index contributed by atoms with van der Waals surface area (Å²) in [6.07, 6.45) is 5.93. The number of imidazole rings is 1. The maximum Gasteiger partial charge on any atom is 0.262 e. The number of hydrogen-bond acceptors (Lipinski definition) is 7. The predicted octanol–water partition coefficient (Wildman–Crippen LogP) is 3.61. The minimum Gasteiger partial charge on any atom is -0.494 e. The number of carbonyl (C=O) groups is 3. The molecule has 0 saturated carbocycles. The molecule has 0 aliphatic carbocycles. The molecule has 3 heterocycles. The second kappa shape index (κ2) is 9.67. The lowest BCUT2D eigenvalue weighted by Crippen LogP contribution is -2.43. The molecule has 0 saturated heterocycles. The first-order valence-corrected chi connectivity index (χ1v) is 12.1. The number of rotatable bonds is 9. The number of thiazole rings is 1. The number of amides is 3. The molecule has 0 radical (unpaired) electrons. The third kappa shape index (κ3) is 4.52. The molecule has 35 heavy (non-hydrogen) atoms. The normalized spacial score (nSPS) is 12.9. The summed E-state index contributed by atoms with van der Waals surface area (Å²) in [5, 5.41) is 0.515. The van der Waals surface area contributed by atoms with Crippen molar-refractivity contribution >= 4 is 44.4 Å². The predicted molar refractivity (Wildman–Crippen MR) is 132 cm³/mol. The minimum absolute atomic E-state index is 0.320. The van der Waals surface area contributed by atoms with E-state index in [-0.39, 0.29) is 12.5 Å². The lowest BCUT2D eigenvalue weighted by Gasteiger charge is -2.22. The van der Waals surface area contributed by atoms with Crippen LogP contribution in [0.4, 0.5) is 5.13 Å². The third-order valence-corrected chi connectivity index (χ3v) is 6.76. The molecule has 0 fully saturated rings. The molecule has 2 aromatic carbocycles. The van der Waals surface area contributed by atoms with Gasteiger partial charge < -0.3 is 9.30 Å². The molecule has 0 bridgehead atoms. The van der Waals surface area contributed by atoms with E-state index in [1.807, 2.05) is 35.9 Å². The van der Waals surface area contributed by atoms with Crippen LogP contribution >= 0.6 is 11.3 Å². The summed E-state index contributed by atoms with van der Waals surface area (Å²) >= 11 is 1.37. The SMILES string of the molecule is CCOc1ccc2nc(N(CCCn3ccnc3)C(=O)CN3C(=O)c4ccccc4C3=O)sc2c1. The van der Waals surface area contributed by atoms with Crippen molar-refractivity contribution in [2.45, 2.75) is 19.9 Å². The minimum atomic E-state index is -0.456. The van der Waals surface area contributed by atoms with Crippen molar-refractivity contribution in [1.29, 1.82) is 0 Å². The summed E-state index contributed by atoms with van der Waals surface area (Å²) in [5.74, 6) is -0.542. The second-order valence-corrected chi connectivity index (χ2v) is 9.01. The quantitative estimate of drug-likeness (QED) is 0.333. The summed E-state index contributed by atoms with van der Waals surface area (Å²) in [4.78, 5) is 50.4. The largest absolute Gasteiger partial charge is 0.494 e. The van der Waals surface area contributed by atoms with Crippen LogP contribution in [0.15, 0.2) is 61.2 Å². The van der Waals surface area contributed by atoms with E-state index in [4.69, 9.17) is 4.74 Å². The van der Waals surface area contributed by atoms with Gasteiger partial charge in [0.15, 0.2) is 5.13 Å². The molecular formula is C25H23N5O4S. The highest BCUT2D eigenvalue weighted by Gasteiger charge is 2.37. The Morgan fingerprint density at radius 1 is 1.11 bits per heavy atom. The molecule has 0 atom stereocenters. The zero-order valence-corrected chi connectivity index (χ0v) is 19.9. The fourth-order valence-corrected chi connectivity index (χ4v) is 5.06. The van der Waals surface area contributed by atoms with Gasteiger partial charge in [0.2, 0.25) is 5.91 Å². The van der Waals surface area contributed by atoms with Crippen molar-refractivity contribution in [3.63, 3.8) is 0 Å². The number of carbonyl (C=O) groups excluding carboxylic acids is 3. The number of aromatic nitrogens is 3. The smallest absolute Gasteiger partial charge is 0.262 e. The summed E-state index contributed by atoms with van der Waals surface area (Å²) in [5.41, 5.74) is 1.39. The summed E-state index contributed by atoms with van der Waals surface area (Å²) < 4.78 is 8.41. The van der Waals surface area contributed by atoms with Gasteiger partial charge in [-0.15, -0.1) is 0 Å². The number of ether oxygens (including phenoxy) is 1. The average molecular weight is 490 g/mol. The first kappa shape index (κ1) is 22.7. The number of anilines is 1. The highest BCUT2D eigenvalue weighted by molar-refractivity contribution is 7.22. The van der Waals surface area contributed by atoms with E-state index < -0.39 is 11.8 Å². The van der Waals surface area contributed by atoms with Crippen LogP contribution in [0.3, 0.4) is 0 Å². The molecule has 5 rings (SSSR count). The summed E-state index contributed by atoms with van der Waals surface area (Å²) in [6.45, 7) is 3.16. The maximum absolute atomic E-state index is 13.5. The molecule has 178 valence electrons. The van der Waals surface area contributed by atoms with Crippen LogP contribution in [-0.2, 0) is 11.3 Å². The first-order chi connectivity index (χ1) is 17.0. The van der Waals surface area contributed by atoms with Crippen LogP contribution in [-0.4, -0.2) is 56.9 Å². The monoisotopic (exact) mass is 489 g/mol. The fraction of sp³-hybridized carbons (Fsp3) is 0.240. The highest BCUT2D eigenvalue weighted by Crippen LogP contribution is 2.32. The second-order valence-electron chi connectivity index (χ2n) is 8.00. The van der Waals surface area contributed by atoms with Gasteiger partial charge in [-0.2, -0.15) is 0 Å². The number of imide groups is 1. The molecule has 0 N–H and O–H groups in total. The molecule has 10 heteroatoms. The number of aryl methyl sites for hydroxylation is 1. The molecular weight excluding hydrogens is 466 g/mol. The van der Waals surface area contributed by atoms with Gasteiger partial charge in [0.25, 0.3) is 11.8 Å². The molecule has 3 amide bonds. The van der Waals surface area contributed by atoms with Crippen LogP contribution < -0.4 is 9.64 Å². The Hall–Kier alpha value is -4.05. The summed E-state index contributed by atoms with van der Waals surface area (Å²) in [7, 11) is 0. The molecule has 1 aliphatic heterocycles. The van der Waals surface area contributed by atoms with Crippen LogP contribution in [0, 0.1) is 0 Å². The van der Waals surface area contributed by atoms with E-state index in [2.05, 4.69) is 9.97 Å². The van der Waals surface area contributed by atoms with E-state index in [0.29, 0.717) is 42.4 Å². The van der Waals surface area contributed by atoms with Gasteiger partial charge in [-0.05, 0) is 43.7 Å². The maximum atomic E-state index is 13.5. The molecule has 4 aromatic rings. The average Bonchev–Trinajstić information content (AvgIpc) is 3.58. The lowest BCUT2D eigenvalue weighted by molar-refractivity contribution is -0.119. The standard InChI is InChI=1S/C25H23N5O4S/c1-2-34-17-8-9-20-21(14-17)35-25(27-20)29(12-5-11-28-13-10-26-16-28)22(31)15-30-23(32)18-6-3-4-7-19(18)24(30)33/h3-4,6-10,13-14,16H,2,5,11-12,15H2,1H3. The first-order valence-electron chi connectivity index (χ1n) is 11.3. The zero-order valence-electron chi connectivity index (χ0n) is 19.1. The van der Waals surface area contributed by atoms with Crippen LogP contribution in [0.2, 0.25) is 0 Å². The Labute approximate surface area is 205 Å². The molecule has 9 nitrogen and oxygen atoms in total. The van der Waals surface area contributed by atoms with Gasteiger partial charge in [0, 0.05) is 25.5 Å². The lowest BCUT2D eigenvalue weighted by atomic mass is 10.1. The van der Waals surface area contributed by atoms with E-state index in [1.165, 1.54) is 11.3 Å². The van der Waals surface area contributed by atoms with E-state index in [9.17, 15) is 14.4 Å². The van der Waals surface area contributed by atoms with Gasteiger partial charge >= 0.3 is 0 Å². The van der Waals surface area contributed by atoms with E-state index in [1.54, 1.807) is 41.7 Å². The highest BCUT2D eigenvalue weighted by atomic mass is 32.1. The molecule has 0 spiro atoms. The van der Waals surface area contributed by atoms with Crippen molar-refractivity contribution in [2.75, 3.05) is 24.6 Å². The summed E-state index contributed by atoms with van der Waals surface area (Å²) in [6, 6.07) is 12.2. The number of benzene rings is 2. The number of nitrogens with zero attached hydrogens (tertiary/aromatic N) is 5. The van der Waals surface area contributed by atoms with Crippen molar-refractivity contribution in [2.24, 2.45) is 0 Å². The zero-order chi connectivity index (χ0) is 24.4. The van der Waals surface area contributed by atoms with Gasteiger partial charge in [-0.1, -0.05) is 23.5 Å². The Morgan fingerprint density at radius 2 is 1.89 bits per heavy atom. The topological polar surface area (TPSA) is 97.6 Å². The van der Waals surface area contributed by atoms with Crippen molar-refractivity contribution < 1.29 is 19.1 Å². The molecule has 1 aliphatic rings. The Morgan fingerprint density at radius 3 is 2.57 bits per heavy atom. The van der Waals surface area contributed by atoms with Crippen LogP contribution in [0.1, 0.15) is 34.1 Å². The van der Waals surface area contributed by atoms with Gasteiger partial charge in [-0.25, -0.2) is 9.97 Å². The fourth-order valence-electron chi connectivity index (χ4n) is 4.03. The molecule has 2 aromatic heterocycles. The Balaban J connectivity index is 1.39.